The maximum atomic E-state index is 12.1. The van der Waals surface area contributed by atoms with E-state index in [1.807, 2.05) is 0 Å². The minimum Gasteiger partial charge on any atom is -0.322 e. The van der Waals surface area contributed by atoms with E-state index in [4.69, 9.17) is 16.9 Å². The number of halogens is 1. The zero-order valence-corrected chi connectivity index (χ0v) is 15.1. The van der Waals surface area contributed by atoms with E-state index in [1.165, 1.54) is 0 Å². The minimum absolute atomic E-state index is 0.139. The van der Waals surface area contributed by atoms with Crippen molar-refractivity contribution in [3.05, 3.63) is 59.1 Å². The topological polar surface area (TPSA) is 86.4 Å². The first-order valence-electron chi connectivity index (χ1n) is 8.09. The van der Waals surface area contributed by atoms with Gasteiger partial charge in [0.2, 0.25) is 0 Å². The van der Waals surface area contributed by atoms with Crippen LogP contribution in [-0.2, 0) is 16.0 Å². The summed E-state index contributed by atoms with van der Waals surface area (Å²) in [4.78, 5) is 24.9. The second kappa shape index (κ2) is 9.56. The Morgan fingerprint density at radius 1 is 1.04 bits per heavy atom. The Bertz CT molecular complexity index is 815. The van der Waals surface area contributed by atoms with E-state index in [2.05, 4.69) is 16.7 Å². The van der Waals surface area contributed by atoms with Crippen LogP contribution in [0.1, 0.15) is 5.56 Å². The highest BCUT2D eigenvalue weighted by Crippen LogP contribution is 2.19. The van der Waals surface area contributed by atoms with Gasteiger partial charge in [-0.1, -0.05) is 35.9 Å². The number of hydrogen-bond acceptors (Lipinski definition) is 3. The van der Waals surface area contributed by atoms with Crippen LogP contribution in [0.3, 0.4) is 0 Å². The van der Waals surface area contributed by atoms with E-state index < -0.39 is 0 Å². The number of amides is 2. The molecule has 2 aromatic carbocycles. The first-order chi connectivity index (χ1) is 12.5. The number of rotatable bonds is 7. The van der Waals surface area contributed by atoms with Gasteiger partial charge in [-0.05, 0) is 29.8 Å². The monoisotopic (exact) mass is 371 g/mol. The van der Waals surface area contributed by atoms with Gasteiger partial charge in [0.05, 0.1) is 30.2 Å². The molecule has 7 heteroatoms. The average Bonchev–Trinajstić information content (AvgIpc) is 2.58. The van der Waals surface area contributed by atoms with Gasteiger partial charge in [-0.15, -0.1) is 0 Å². The molecule has 1 atom stereocenters. The molecule has 0 saturated heterocycles. The van der Waals surface area contributed by atoms with Crippen molar-refractivity contribution in [1.82, 2.24) is 0 Å². The van der Waals surface area contributed by atoms with E-state index >= 15 is 0 Å². The lowest BCUT2D eigenvalue weighted by molar-refractivity contribution is -0.862. The third kappa shape index (κ3) is 6.20. The van der Waals surface area contributed by atoms with Gasteiger partial charge < -0.3 is 15.5 Å². The first kappa shape index (κ1) is 19.4. The average molecular weight is 372 g/mol. The number of nitrogens with one attached hydrogen (secondary N) is 3. The number of hydrogen-bond donors (Lipinski definition) is 3. The van der Waals surface area contributed by atoms with Gasteiger partial charge in [0.15, 0.2) is 13.1 Å². The summed E-state index contributed by atoms with van der Waals surface area (Å²) in [5.41, 5.74) is 2.10. The Balaban J connectivity index is 1.80. The van der Waals surface area contributed by atoms with E-state index in [-0.39, 0.29) is 24.9 Å². The molecule has 0 saturated carbocycles. The predicted octanol–water partition coefficient (Wildman–Crippen LogP) is 1.50. The summed E-state index contributed by atoms with van der Waals surface area (Å²) < 4.78 is 0. The number of nitrogens with zero attached hydrogens (tertiary/aromatic N) is 1. The number of quaternary nitrogens is 1. The van der Waals surface area contributed by atoms with Gasteiger partial charge in [0.25, 0.3) is 11.8 Å². The molecule has 3 N–H and O–H groups in total. The van der Waals surface area contributed by atoms with E-state index in [0.717, 1.165) is 10.5 Å². The molecule has 0 fully saturated rings. The summed E-state index contributed by atoms with van der Waals surface area (Å²) in [5, 5.41) is 14.6. The fourth-order valence-corrected chi connectivity index (χ4v) is 2.55. The van der Waals surface area contributed by atoms with E-state index in [9.17, 15) is 9.59 Å². The summed E-state index contributed by atoms with van der Waals surface area (Å²) in [6, 6.07) is 16.2. The van der Waals surface area contributed by atoms with Crippen molar-refractivity contribution in [2.75, 3.05) is 30.8 Å². The number of benzene rings is 2. The van der Waals surface area contributed by atoms with Crippen molar-refractivity contribution in [1.29, 1.82) is 5.26 Å². The van der Waals surface area contributed by atoms with Crippen molar-refractivity contribution in [2.45, 2.75) is 6.42 Å². The number of nitriles is 1. The lowest BCUT2D eigenvalue weighted by atomic mass is 10.1. The van der Waals surface area contributed by atoms with Crippen LogP contribution in [0, 0.1) is 11.3 Å². The Hall–Kier alpha value is -2.88. The molecule has 2 rings (SSSR count). The Morgan fingerprint density at radius 2 is 1.65 bits per heavy atom. The summed E-state index contributed by atoms with van der Waals surface area (Å²) in [6.07, 6.45) is 0.335. The normalized spacial score (nSPS) is 11.3. The maximum absolute atomic E-state index is 12.1. The van der Waals surface area contributed by atoms with Crippen LogP contribution in [0.5, 0.6) is 0 Å². The lowest BCUT2D eigenvalue weighted by Gasteiger charge is -2.14. The van der Waals surface area contributed by atoms with Crippen LogP contribution in [-0.4, -0.2) is 32.0 Å². The van der Waals surface area contributed by atoms with Crippen molar-refractivity contribution in [2.24, 2.45) is 0 Å². The number of para-hydroxylation sites is 1. The van der Waals surface area contributed by atoms with E-state index in [1.54, 1.807) is 55.6 Å². The van der Waals surface area contributed by atoms with Crippen LogP contribution in [0.25, 0.3) is 0 Å². The molecular formula is C19H20ClN4O2+. The Labute approximate surface area is 157 Å². The van der Waals surface area contributed by atoms with Gasteiger partial charge >= 0.3 is 0 Å². The molecular weight excluding hydrogens is 352 g/mol. The van der Waals surface area contributed by atoms with Crippen LogP contribution < -0.4 is 15.5 Å². The van der Waals surface area contributed by atoms with Crippen molar-refractivity contribution >= 4 is 34.8 Å². The fraction of sp³-hybridized carbons (Fsp3) is 0.211. The molecule has 0 radical (unpaired) electrons. The molecule has 0 aliphatic heterocycles. The summed E-state index contributed by atoms with van der Waals surface area (Å²) in [7, 11) is 1.77. The predicted molar refractivity (Wildman–Crippen MR) is 101 cm³/mol. The molecule has 0 heterocycles. The first-order valence-corrected chi connectivity index (χ1v) is 8.47. The second-order valence-corrected chi connectivity index (χ2v) is 6.33. The van der Waals surface area contributed by atoms with Gasteiger partial charge in [0, 0.05) is 5.69 Å². The molecule has 2 aromatic rings. The number of anilines is 2. The van der Waals surface area contributed by atoms with Crippen molar-refractivity contribution in [3.63, 3.8) is 0 Å². The zero-order valence-electron chi connectivity index (χ0n) is 14.4. The van der Waals surface area contributed by atoms with E-state index in [0.29, 0.717) is 22.8 Å². The van der Waals surface area contributed by atoms with Crippen LogP contribution in [0.15, 0.2) is 48.5 Å². The lowest BCUT2D eigenvalue weighted by Crippen LogP contribution is -3.11. The second-order valence-electron chi connectivity index (χ2n) is 5.92. The van der Waals surface area contributed by atoms with Gasteiger partial charge in [0.1, 0.15) is 0 Å². The summed E-state index contributed by atoms with van der Waals surface area (Å²) in [5.74, 6) is -0.412. The Morgan fingerprint density at radius 3 is 2.27 bits per heavy atom. The Kier molecular flexibility index (Phi) is 7.15. The molecule has 134 valence electrons. The quantitative estimate of drug-likeness (QED) is 0.689. The highest BCUT2D eigenvalue weighted by Gasteiger charge is 2.15. The standard InChI is InChI=1S/C19H19ClN4O2/c1-24(13-19(26)23-17-5-3-2-4-16(17)20)12-18(25)22-15-8-6-14(7-9-15)10-11-21/h2-9H,10,12-13H2,1H3,(H,22,25)(H,23,26)/p+1. The molecule has 6 nitrogen and oxygen atoms in total. The van der Waals surface area contributed by atoms with Crippen LogP contribution >= 0.6 is 11.6 Å². The zero-order chi connectivity index (χ0) is 18.9. The van der Waals surface area contributed by atoms with Crippen molar-refractivity contribution < 1.29 is 14.5 Å². The third-order valence-corrected chi connectivity index (χ3v) is 3.92. The summed E-state index contributed by atoms with van der Waals surface area (Å²) >= 11 is 6.01. The minimum atomic E-state index is -0.218. The molecule has 2 amide bonds. The third-order valence-electron chi connectivity index (χ3n) is 3.59. The molecule has 1 unspecified atom stereocenters. The van der Waals surface area contributed by atoms with Crippen molar-refractivity contribution in [3.8, 4) is 6.07 Å². The SMILES string of the molecule is C[NH+](CC(=O)Nc1ccc(CC#N)cc1)CC(=O)Nc1ccccc1Cl. The largest absolute Gasteiger partial charge is 0.322 e. The van der Waals surface area contributed by atoms with Gasteiger partial charge in [-0.2, -0.15) is 5.26 Å². The maximum Gasteiger partial charge on any atom is 0.279 e. The number of likely N-dealkylation sites (N-methyl/N-ethyl adjacent to an activating group) is 1. The van der Waals surface area contributed by atoms with Crippen LogP contribution in [0.4, 0.5) is 11.4 Å². The molecule has 0 aliphatic carbocycles. The summed E-state index contributed by atoms with van der Waals surface area (Å²) in [6.45, 7) is 0.287. The molecule has 0 bridgehead atoms. The molecule has 0 aromatic heterocycles. The smallest absolute Gasteiger partial charge is 0.279 e. The van der Waals surface area contributed by atoms with Crippen LogP contribution in [0.2, 0.25) is 5.02 Å². The molecule has 0 spiro atoms. The fourth-order valence-electron chi connectivity index (χ4n) is 2.37. The number of carbonyl (C=O) groups excluding carboxylic acids is 2. The highest BCUT2D eigenvalue weighted by molar-refractivity contribution is 6.33. The highest BCUT2D eigenvalue weighted by atomic mass is 35.5. The number of carbonyl (C=O) groups is 2. The molecule has 0 aliphatic rings. The molecule has 26 heavy (non-hydrogen) atoms. The van der Waals surface area contributed by atoms with Gasteiger partial charge in [-0.3, -0.25) is 9.59 Å². The van der Waals surface area contributed by atoms with Gasteiger partial charge in [-0.25, -0.2) is 0 Å².